The van der Waals surface area contributed by atoms with Crippen molar-refractivity contribution in [1.82, 2.24) is 23.8 Å². The molecule has 0 saturated heterocycles. The summed E-state index contributed by atoms with van der Waals surface area (Å²) in [5.74, 6) is 1.45. The number of imidazole rings is 2. The van der Waals surface area contributed by atoms with Crippen molar-refractivity contribution in [3.05, 3.63) is 176 Å². The minimum absolute atomic E-state index is 0.720. The Morgan fingerprint density at radius 1 is 0.434 bits per heavy atom. The summed E-state index contributed by atoms with van der Waals surface area (Å²) >= 11 is 0. The predicted molar refractivity (Wildman–Crippen MR) is 215 cm³/mol. The molecule has 0 aliphatic rings. The van der Waals surface area contributed by atoms with E-state index in [9.17, 15) is 0 Å². The number of fused-ring (bicyclic) bond motifs is 12. The molecular weight excluding hydrogens is 651 g/mol. The van der Waals surface area contributed by atoms with Crippen molar-refractivity contribution < 1.29 is 4.74 Å². The number of ether oxygens (including phenoxy) is 1. The van der Waals surface area contributed by atoms with E-state index >= 15 is 0 Å². The van der Waals surface area contributed by atoms with E-state index in [0.29, 0.717) is 0 Å². The second kappa shape index (κ2) is 11.6. The van der Waals surface area contributed by atoms with Gasteiger partial charge in [0.15, 0.2) is 0 Å². The molecule has 5 heterocycles. The summed E-state index contributed by atoms with van der Waals surface area (Å²) < 4.78 is 11.1. The fourth-order valence-electron chi connectivity index (χ4n) is 7.92. The van der Waals surface area contributed by atoms with Crippen molar-refractivity contribution >= 4 is 54.8 Å². The first-order chi connectivity index (χ1) is 26.3. The van der Waals surface area contributed by atoms with E-state index in [1.165, 1.54) is 22.3 Å². The number of aromatic nitrogens is 5. The Bertz CT molecular complexity index is 3190. The van der Waals surface area contributed by atoms with Crippen LogP contribution >= 0.6 is 0 Å². The average Bonchev–Trinajstić information content (AvgIpc) is 3.91. The molecule has 0 radical (unpaired) electrons. The third kappa shape index (κ3) is 4.63. The molecule has 0 fully saturated rings. The molecule has 6 nitrogen and oxygen atoms in total. The normalized spacial score (nSPS) is 11.8. The third-order valence-corrected chi connectivity index (χ3v) is 10.3. The van der Waals surface area contributed by atoms with Crippen molar-refractivity contribution in [3.63, 3.8) is 0 Å². The first kappa shape index (κ1) is 29.4. The SMILES string of the molecule is c1ccc(-c2cc3c4ccc(Oc5ccc6c(c5)c5ncc(-c7ccccc7)n5c5cccnc65)cc4c4nccn4c3cc2-c2ccccc2)cc1. The molecule has 0 bridgehead atoms. The fourth-order valence-corrected chi connectivity index (χ4v) is 7.92. The first-order valence-corrected chi connectivity index (χ1v) is 17.7. The van der Waals surface area contributed by atoms with E-state index in [1.54, 1.807) is 0 Å². The molecule has 6 heteroatoms. The maximum absolute atomic E-state index is 6.66. The Hall–Kier alpha value is -7.31. The quantitative estimate of drug-likeness (QED) is 0.170. The van der Waals surface area contributed by atoms with E-state index in [1.807, 2.05) is 43.0 Å². The van der Waals surface area contributed by atoms with Crippen molar-refractivity contribution in [3.8, 4) is 45.0 Å². The zero-order valence-corrected chi connectivity index (χ0v) is 28.4. The topological polar surface area (TPSA) is 56.7 Å². The number of pyridine rings is 3. The molecule has 0 N–H and O–H groups in total. The standard InChI is InChI=1S/C47H29N5O/c1-4-11-30(12-5-1)37-27-39-35-20-18-33(25-40(35)46-49-23-24-51(46)43(39)28-38(37)31-13-6-2-7-14-31)53-34-19-21-36-41(26-34)47-50-29-44(32-15-8-3-9-16-32)52(47)42-17-10-22-48-45(36)42/h1-29H. The van der Waals surface area contributed by atoms with Crippen LogP contribution in [0.15, 0.2) is 176 Å². The molecule has 53 heavy (non-hydrogen) atoms. The summed E-state index contributed by atoms with van der Waals surface area (Å²) in [5.41, 5.74) is 11.6. The molecule has 0 saturated carbocycles. The summed E-state index contributed by atoms with van der Waals surface area (Å²) in [4.78, 5) is 14.6. The van der Waals surface area contributed by atoms with Crippen LogP contribution in [0.4, 0.5) is 0 Å². The van der Waals surface area contributed by atoms with Gasteiger partial charge in [-0.25, -0.2) is 9.97 Å². The van der Waals surface area contributed by atoms with Gasteiger partial charge in [0.05, 0.1) is 28.4 Å². The van der Waals surface area contributed by atoms with Gasteiger partial charge in [-0.15, -0.1) is 0 Å². The van der Waals surface area contributed by atoms with Crippen LogP contribution in [0.5, 0.6) is 11.5 Å². The van der Waals surface area contributed by atoms with E-state index in [4.69, 9.17) is 19.7 Å². The molecule has 0 atom stereocenters. The Morgan fingerprint density at radius 3 is 1.79 bits per heavy atom. The lowest BCUT2D eigenvalue weighted by atomic mass is 9.91. The summed E-state index contributed by atoms with van der Waals surface area (Å²) in [6.07, 6.45) is 7.70. The second-order valence-electron chi connectivity index (χ2n) is 13.3. The van der Waals surface area contributed by atoms with E-state index in [-0.39, 0.29) is 0 Å². The Balaban J connectivity index is 1.08. The summed E-state index contributed by atoms with van der Waals surface area (Å²) in [6.45, 7) is 0. The Kier molecular flexibility index (Phi) is 6.45. The van der Waals surface area contributed by atoms with Crippen LogP contribution in [-0.4, -0.2) is 23.8 Å². The lowest BCUT2D eigenvalue weighted by molar-refractivity contribution is 0.484. The van der Waals surface area contributed by atoms with Crippen LogP contribution in [-0.2, 0) is 0 Å². The molecule has 0 aliphatic carbocycles. The molecule has 11 aromatic rings. The zero-order chi connectivity index (χ0) is 34.9. The maximum Gasteiger partial charge on any atom is 0.145 e. The van der Waals surface area contributed by atoms with Gasteiger partial charge < -0.3 is 4.74 Å². The van der Waals surface area contributed by atoms with Gasteiger partial charge in [0.25, 0.3) is 0 Å². The minimum atomic E-state index is 0.720. The zero-order valence-electron chi connectivity index (χ0n) is 28.4. The maximum atomic E-state index is 6.66. The highest BCUT2D eigenvalue weighted by atomic mass is 16.5. The smallest absolute Gasteiger partial charge is 0.145 e. The summed E-state index contributed by atoms with van der Waals surface area (Å²) in [7, 11) is 0. The van der Waals surface area contributed by atoms with Crippen molar-refractivity contribution in [2.24, 2.45) is 0 Å². The highest BCUT2D eigenvalue weighted by Gasteiger charge is 2.18. The van der Waals surface area contributed by atoms with E-state index < -0.39 is 0 Å². The highest BCUT2D eigenvalue weighted by Crippen LogP contribution is 2.41. The lowest BCUT2D eigenvalue weighted by Crippen LogP contribution is -1.96. The summed E-state index contributed by atoms with van der Waals surface area (Å²) in [5, 5.41) is 5.29. The molecular formula is C47H29N5O. The van der Waals surface area contributed by atoms with Crippen molar-refractivity contribution in [1.29, 1.82) is 0 Å². The molecule has 248 valence electrons. The number of hydrogen-bond donors (Lipinski definition) is 0. The van der Waals surface area contributed by atoms with Gasteiger partial charge in [0.2, 0.25) is 0 Å². The predicted octanol–water partition coefficient (Wildman–Crippen LogP) is 11.8. The molecule has 11 rings (SSSR count). The van der Waals surface area contributed by atoms with E-state index in [0.717, 1.165) is 77.5 Å². The van der Waals surface area contributed by atoms with Gasteiger partial charge in [-0.2, -0.15) is 0 Å². The third-order valence-electron chi connectivity index (χ3n) is 10.3. The molecule has 0 aliphatic heterocycles. The molecule has 6 aromatic carbocycles. The number of benzene rings is 6. The Labute approximate surface area is 303 Å². The number of nitrogens with zero attached hydrogens (tertiary/aromatic N) is 5. The van der Waals surface area contributed by atoms with Crippen LogP contribution in [0.2, 0.25) is 0 Å². The van der Waals surface area contributed by atoms with Crippen LogP contribution in [0, 0.1) is 0 Å². The van der Waals surface area contributed by atoms with Gasteiger partial charge in [0.1, 0.15) is 22.8 Å². The van der Waals surface area contributed by atoms with Gasteiger partial charge in [0, 0.05) is 45.7 Å². The highest BCUT2D eigenvalue weighted by molar-refractivity contribution is 6.15. The van der Waals surface area contributed by atoms with Gasteiger partial charge in [-0.1, -0.05) is 91.0 Å². The van der Waals surface area contributed by atoms with Crippen LogP contribution in [0.25, 0.3) is 88.3 Å². The molecule has 0 amide bonds. The second-order valence-corrected chi connectivity index (χ2v) is 13.3. The molecule has 5 aromatic heterocycles. The first-order valence-electron chi connectivity index (χ1n) is 17.7. The number of hydrogen-bond acceptors (Lipinski definition) is 4. The van der Waals surface area contributed by atoms with Gasteiger partial charge in [-0.05, 0) is 88.3 Å². The minimum Gasteiger partial charge on any atom is -0.457 e. The number of rotatable bonds is 5. The fraction of sp³-hybridized carbons (Fsp3) is 0. The summed E-state index contributed by atoms with van der Waals surface area (Å²) in [6, 6.07) is 52.8. The molecule has 0 spiro atoms. The Morgan fingerprint density at radius 2 is 1.08 bits per heavy atom. The van der Waals surface area contributed by atoms with Crippen LogP contribution in [0.1, 0.15) is 0 Å². The van der Waals surface area contributed by atoms with Gasteiger partial charge in [-0.3, -0.25) is 13.8 Å². The van der Waals surface area contributed by atoms with Crippen molar-refractivity contribution in [2.45, 2.75) is 0 Å². The molecule has 0 unspecified atom stereocenters. The largest absolute Gasteiger partial charge is 0.457 e. The van der Waals surface area contributed by atoms with Gasteiger partial charge >= 0.3 is 0 Å². The van der Waals surface area contributed by atoms with Crippen LogP contribution < -0.4 is 4.74 Å². The monoisotopic (exact) mass is 679 g/mol. The lowest BCUT2D eigenvalue weighted by Gasteiger charge is -2.16. The average molecular weight is 680 g/mol. The van der Waals surface area contributed by atoms with Crippen molar-refractivity contribution in [2.75, 3.05) is 0 Å². The van der Waals surface area contributed by atoms with Crippen LogP contribution in [0.3, 0.4) is 0 Å². The van der Waals surface area contributed by atoms with E-state index in [2.05, 4.69) is 142 Å².